The van der Waals surface area contributed by atoms with Crippen LogP contribution in [-0.2, 0) is 9.59 Å². The van der Waals surface area contributed by atoms with Gasteiger partial charge < -0.3 is 15.5 Å². The van der Waals surface area contributed by atoms with Gasteiger partial charge in [0.15, 0.2) is 0 Å². The van der Waals surface area contributed by atoms with Crippen LogP contribution in [0.15, 0.2) is 30.9 Å². The minimum atomic E-state index is -0.0182. The van der Waals surface area contributed by atoms with Crippen molar-refractivity contribution in [3.05, 3.63) is 36.4 Å². The molecule has 1 aromatic carbocycles. The molecule has 148 valence electrons. The molecule has 0 unspecified atom stereocenters. The predicted octanol–water partition coefficient (Wildman–Crippen LogP) is 3.89. The summed E-state index contributed by atoms with van der Waals surface area (Å²) in [5, 5.41) is 5.94. The highest BCUT2D eigenvalue weighted by molar-refractivity contribution is 5.93. The lowest BCUT2D eigenvalue weighted by molar-refractivity contribution is -0.128. The summed E-state index contributed by atoms with van der Waals surface area (Å²) in [6.45, 7) is 12.4. The summed E-state index contributed by atoms with van der Waals surface area (Å²) in [6, 6.07) is 6.19. The van der Waals surface area contributed by atoms with E-state index < -0.39 is 0 Å². The number of rotatable bonds is 8. The molecule has 0 radical (unpaired) electrons. The van der Waals surface area contributed by atoms with Crippen LogP contribution in [0.5, 0.6) is 0 Å². The second kappa shape index (κ2) is 10.1. The van der Waals surface area contributed by atoms with Gasteiger partial charge in [-0.2, -0.15) is 0 Å². The average molecular weight is 372 g/mol. The lowest BCUT2D eigenvalue weighted by atomic mass is 9.81. The van der Waals surface area contributed by atoms with Crippen LogP contribution in [-0.4, -0.2) is 31.4 Å². The summed E-state index contributed by atoms with van der Waals surface area (Å²) in [4.78, 5) is 27.0. The van der Waals surface area contributed by atoms with E-state index >= 15 is 0 Å². The Morgan fingerprint density at radius 3 is 2.22 bits per heavy atom. The zero-order chi connectivity index (χ0) is 19.8. The van der Waals surface area contributed by atoms with Crippen LogP contribution in [0.4, 0.5) is 11.4 Å². The Kier molecular flexibility index (Phi) is 7.89. The molecule has 27 heavy (non-hydrogen) atoms. The van der Waals surface area contributed by atoms with Gasteiger partial charge in [-0.05, 0) is 70.2 Å². The lowest BCUT2D eigenvalue weighted by Crippen LogP contribution is -2.35. The quantitative estimate of drug-likeness (QED) is 0.682. The fraction of sp³-hybridized carbons (Fsp3) is 0.545. The third-order valence-corrected chi connectivity index (χ3v) is 5.49. The van der Waals surface area contributed by atoms with E-state index in [1.54, 1.807) is 6.08 Å². The zero-order valence-electron chi connectivity index (χ0n) is 16.9. The Hall–Kier alpha value is -2.30. The van der Waals surface area contributed by atoms with Crippen molar-refractivity contribution in [1.82, 2.24) is 5.32 Å². The molecule has 1 aliphatic carbocycles. The second-order valence-electron chi connectivity index (χ2n) is 7.24. The number of amides is 2. The van der Waals surface area contributed by atoms with Crippen LogP contribution in [0.25, 0.3) is 0 Å². The molecule has 0 aromatic heterocycles. The van der Waals surface area contributed by atoms with Gasteiger partial charge in [0.05, 0.1) is 0 Å². The molecule has 0 saturated heterocycles. The minimum Gasteiger partial charge on any atom is -0.372 e. The van der Waals surface area contributed by atoms with E-state index in [-0.39, 0.29) is 23.7 Å². The van der Waals surface area contributed by atoms with Gasteiger partial charge in [-0.1, -0.05) is 6.08 Å². The molecule has 0 bridgehead atoms. The van der Waals surface area contributed by atoms with Crippen LogP contribution < -0.4 is 15.5 Å². The molecule has 2 N–H and O–H groups in total. The number of carbonyl (C=O) groups excluding carboxylic acids is 2. The Morgan fingerprint density at radius 1 is 1.11 bits per heavy atom. The number of hydrogen-bond donors (Lipinski definition) is 2. The van der Waals surface area contributed by atoms with E-state index in [0.29, 0.717) is 6.54 Å². The van der Waals surface area contributed by atoms with Gasteiger partial charge in [0.2, 0.25) is 11.8 Å². The number of anilines is 2. The Balaban J connectivity index is 1.91. The maximum absolute atomic E-state index is 12.7. The van der Waals surface area contributed by atoms with Crippen molar-refractivity contribution >= 4 is 23.2 Å². The van der Waals surface area contributed by atoms with E-state index in [2.05, 4.69) is 48.1 Å². The SMILES string of the molecule is C=CCNC(=O)C1CCC(C(=O)Nc2ccc(N(CC)CC)cc2C)CC1. The molecule has 2 rings (SSSR count). The number of nitrogens with zero attached hydrogens (tertiary/aromatic N) is 1. The summed E-state index contributed by atoms with van der Waals surface area (Å²) in [7, 11) is 0. The molecule has 1 saturated carbocycles. The average Bonchev–Trinajstić information content (AvgIpc) is 2.69. The largest absolute Gasteiger partial charge is 0.372 e. The molecular weight excluding hydrogens is 338 g/mol. The Bertz CT molecular complexity index is 660. The van der Waals surface area contributed by atoms with Crippen LogP contribution in [0.3, 0.4) is 0 Å². The maximum Gasteiger partial charge on any atom is 0.227 e. The number of carbonyl (C=O) groups is 2. The summed E-state index contributed by atoms with van der Waals surface area (Å²) < 4.78 is 0. The van der Waals surface area contributed by atoms with E-state index in [9.17, 15) is 9.59 Å². The standard InChI is InChI=1S/C22H33N3O2/c1-5-14-23-21(26)17-8-10-18(11-9-17)22(27)24-20-13-12-19(15-16(20)4)25(6-2)7-3/h5,12-13,15,17-18H,1,6-11,14H2,2-4H3,(H,23,26)(H,24,27). The molecule has 1 aliphatic rings. The van der Waals surface area contributed by atoms with Crippen molar-refractivity contribution in [1.29, 1.82) is 0 Å². The Labute approximate surface area is 163 Å². The number of benzene rings is 1. The van der Waals surface area contributed by atoms with Crippen molar-refractivity contribution < 1.29 is 9.59 Å². The third kappa shape index (κ3) is 5.59. The molecular formula is C22H33N3O2. The predicted molar refractivity (Wildman–Crippen MR) is 112 cm³/mol. The van der Waals surface area contributed by atoms with Crippen molar-refractivity contribution in [2.75, 3.05) is 29.9 Å². The highest BCUT2D eigenvalue weighted by atomic mass is 16.2. The van der Waals surface area contributed by atoms with E-state index in [1.165, 1.54) is 5.69 Å². The highest BCUT2D eigenvalue weighted by Crippen LogP contribution is 2.30. The smallest absolute Gasteiger partial charge is 0.227 e. The van der Waals surface area contributed by atoms with E-state index in [4.69, 9.17) is 0 Å². The molecule has 5 heteroatoms. The normalized spacial score (nSPS) is 19.2. The molecule has 0 heterocycles. The molecule has 5 nitrogen and oxygen atoms in total. The first kappa shape index (κ1) is 21.0. The third-order valence-electron chi connectivity index (χ3n) is 5.49. The van der Waals surface area contributed by atoms with E-state index in [0.717, 1.165) is 50.0 Å². The molecule has 1 aromatic rings. The molecule has 1 fully saturated rings. The van der Waals surface area contributed by atoms with Crippen molar-refractivity contribution in [3.63, 3.8) is 0 Å². The Morgan fingerprint density at radius 2 is 1.70 bits per heavy atom. The fourth-order valence-corrected chi connectivity index (χ4v) is 3.74. The van der Waals surface area contributed by atoms with Gasteiger partial charge >= 0.3 is 0 Å². The number of nitrogens with one attached hydrogen (secondary N) is 2. The summed E-state index contributed by atoms with van der Waals surface area (Å²) in [6.07, 6.45) is 4.73. The number of aryl methyl sites for hydroxylation is 1. The first-order chi connectivity index (χ1) is 13.0. The summed E-state index contributed by atoms with van der Waals surface area (Å²) in [5.74, 6) is 0.148. The van der Waals surface area contributed by atoms with Gasteiger partial charge in [-0.3, -0.25) is 9.59 Å². The minimum absolute atomic E-state index is 0.0177. The monoisotopic (exact) mass is 371 g/mol. The molecule has 0 atom stereocenters. The number of hydrogen-bond acceptors (Lipinski definition) is 3. The van der Waals surface area contributed by atoms with Gasteiger partial charge in [0.25, 0.3) is 0 Å². The second-order valence-corrected chi connectivity index (χ2v) is 7.24. The molecule has 0 aliphatic heterocycles. The van der Waals surface area contributed by atoms with Gasteiger partial charge in [0, 0.05) is 42.8 Å². The first-order valence-electron chi connectivity index (χ1n) is 10.0. The first-order valence-corrected chi connectivity index (χ1v) is 10.0. The zero-order valence-corrected chi connectivity index (χ0v) is 16.9. The molecule has 2 amide bonds. The van der Waals surface area contributed by atoms with Crippen LogP contribution >= 0.6 is 0 Å². The van der Waals surface area contributed by atoms with Crippen LogP contribution in [0.1, 0.15) is 45.1 Å². The summed E-state index contributed by atoms with van der Waals surface area (Å²) in [5.41, 5.74) is 3.13. The van der Waals surface area contributed by atoms with Crippen molar-refractivity contribution in [3.8, 4) is 0 Å². The van der Waals surface area contributed by atoms with Crippen LogP contribution in [0, 0.1) is 18.8 Å². The molecule has 0 spiro atoms. The van der Waals surface area contributed by atoms with Crippen molar-refractivity contribution in [2.45, 2.75) is 46.5 Å². The van der Waals surface area contributed by atoms with E-state index in [1.807, 2.05) is 13.0 Å². The van der Waals surface area contributed by atoms with Crippen molar-refractivity contribution in [2.24, 2.45) is 11.8 Å². The highest BCUT2D eigenvalue weighted by Gasteiger charge is 2.29. The van der Waals surface area contributed by atoms with Gasteiger partial charge in [0.1, 0.15) is 0 Å². The van der Waals surface area contributed by atoms with Gasteiger partial charge in [-0.15, -0.1) is 6.58 Å². The lowest BCUT2D eigenvalue weighted by Gasteiger charge is -2.27. The van der Waals surface area contributed by atoms with Gasteiger partial charge in [-0.25, -0.2) is 0 Å². The maximum atomic E-state index is 12.7. The van der Waals surface area contributed by atoms with Crippen LogP contribution in [0.2, 0.25) is 0 Å². The fourth-order valence-electron chi connectivity index (χ4n) is 3.74. The summed E-state index contributed by atoms with van der Waals surface area (Å²) >= 11 is 0. The topological polar surface area (TPSA) is 61.4 Å².